The average molecular weight is 513 g/mol. The Balaban J connectivity index is 1.46. The molecule has 2 fully saturated rings. The molecule has 1 atom stereocenters. The Kier molecular flexibility index (Phi) is 11.2. The molecule has 2 aliphatic rings. The number of rotatable bonds is 15. The van der Waals surface area contributed by atoms with Gasteiger partial charge in [0.1, 0.15) is 0 Å². The molecule has 2 saturated heterocycles. The lowest BCUT2D eigenvalue weighted by molar-refractivity contribution is -0.293. The number of imide groups is 1. The second kappa shape index (κ2) is 13.9. The maximum atomic E-state index is 13.4. The number of piperidine rings is 1. The van der Waals surface area contributed by atoms with E-state index in [9.17, 15) is 9.59 Å². The normalized spacial score (nSPS) is 22.2. The largest absolute Gasteiger partial charge is 0.293 e. The number of hydrogen-bond acceptors (Lipinski definition) is 4. The smallest absolute Gasteiger partial charge is 0.233 e. The summed E-state index contributed by atoms with van der Waals surface area (Å²) in [6, 6.07) is 10.1. The van der Waals surface area contributed by atoms with Crippen molar-refractivity contribution >= 4 is 11.8 Å². The van der Waals surface area contributed by atoms with Gasteiger partial charge in [0.05, 0.1) is 6.61 Å². The van der Waals surface area contributed by atoms with Gasteiger partial charge in [-0.3, -0.25) is 19.3 Å². The van der Waals surface area contributed by atoms with Crippen molar-refractivity contribution in [2.45, 2.75) is 148 Å². The van der Waals surface area contributed by atoms with E-state index in [1.54, 1.807) is 4.90 Å². The average Bonchev–Trinajstić information content (AvgIpc) is 3.12. The van der Waals surface area contributed by atoms with Crippen molar-refractivity contribution in [3.63, 3.8) is 0 Å². The number of hydrogen-bond donors (Lipinski definition) is 0. The van der Waals surface area contributed by atoms with Gasteiger partial charge in [0.25, 0.3) is 0 Å². The highest BCUT2D eigenvalue weighted by molar-refractivity contribution is 6.03. The fraction of sp³-hybridized carbons (Fsp3) is 0.750. The lowest BCUT2D eigenvalue weighted by Crippen LogP contribution is -2.64. The molecular weight excluding hydrogens is 460 g/mol. The predicted octanol–water partition coefficient (Wildman–Crippen LogP) is 7.83. The van der Waals surface area contributed by atoms with E-state index in [0.717, 1.165) is 31.2 Å². The van der Waals surface area contributed by atoms with Crippen molar-refractivity contribution < 1.29 is 14.4 Å². The number of carbonyl (C=O) groups is 2. The molecule has 2 amide bonds. The molecule has 37 heavy (non-hydrogen) atoms. The first kappa shape index (κ1) is 29.8. The van der Waals surface area contributed by atoms with Crippen molar-refractivity contribution in [1.82, 2.24) is 9.96 Å². The molecule has 0 radical (unpaired) electrons. The standard InChI is InChI=1S/C32H52N2O3/c1-6-7-8-9-10-11-12-13-14-18-21-27-22-29(35)33(30(27)36)28-23-31(2,3)34(32(4,5)24-28)37-25-26-19-16-15-17-20-26/h15-17,19-20,27-28H,6-14,18,21-25H2,1-5H3. The van der Waals surface area contributed by atoms with Crippen molar-refractivity contribution in [3.8, 4) is 0 Å². The van der Waals surface area contributed by atoms with Crippen molar-refractivity contribution in [3.05, 3.63) is 35.9 Å². The van der Waals surface area contributed by atoms with Crippen LogP contribution in [0, 0.1) is 5.92 Å². The molecular formula is C32H52N2O3. The molecule has 0 aliphatic carbocycles. The number of unbranched alkanes of at least 4 members (excludes halogenated alkanes) is 9. The number of likely N-dealkylation sites (tertiary alicyclic amines) is 1. The van der Waals surface area contributed by atoms with E-state index >= 15 is 0 Å². The zero-order valence-corrected chi connectivity index (χ0v) is 24.3. The van der Waals surface area contributed by atoms with Gasteiger partial charge in [-0.15, -0.1) is 0 Å². The SMILES string of the molecule is CCCCCCCCCCCCC1CC(=O)N(C2CC(C)(C)N(OCc3ccccc3)C(C)(C)C2)C1=O. The molecule has 5 nitrogen and oxygen atoms in total. The van der Waals surface area contributed by atoms with E-state index in [-0.39, 0.29) is 34.9 Å². The quantitative estimate of drug-likeness (QED) is 0.177. The van der Waals surface area contributed by atoms with E-state index in [4.69, 9.17) is 4.84 Å². The molecule has 1 unspecified atom stereocenters. The summed E-state index contributed by atoms with van der Waals surface area (Å²) in [6.45, 7) is 11.4. The van der Waals surface area contributed by atoms with Crippen molar-refractivity contribution in [2.75, 3.05) is 0 Å². The summed E-state index contributed by atoms with van der Waals surface area (Å²) in [4.78, 5) is 34.4. The van der Waals surface area contributed by atoms with Crippen LogP contribution in [-0.4, -0.2) is 38.9 Å². The van der Waals surface area contributed by atoms with E-state index in [1.807, 2.05) is 18.2 Å². The predicted molar refractivity (Wildman–Crippen MR) is 151 cm³/mol. The third-order valence-electron chi connectivity index (χ3n) is 8.32. The van der Waals surface area contributed by atoms with Crippen LogP contribution in [0.5, 0.6) is 0 Å². The fourth-order valence-electron chi connectivity index (χ4n) is 6.66. The van der Waals surface area contributed by atoms with Crippen LogP contribution in [0.2, 0.25) is 0 Å². The highest BCUT2D eigenvalue weighted by Gasteiger charge is 2.52. The van der Waals surface area contributed by atoms with Crippen LogP contribution in [0.3, 0.4) is 0 Å². The van der Waals surface area contributed by atoms with Gasteiger partial charge in [0.15, 0.2) is 0 Å². The van der Waals surface area contributed by atoms with Gasteiger partial charge in [-0.1, -0.05) is 101 Å². The minimum atomic E-state index is -0.295. The summed E-state index contributed by atoms with van der Waals surface area (Å²) in [5.74, 6) is -0.0337. The maximum Gasteiger partial charge on any atom is 0.233 e. The van der Waals surface area contributed by atoms with Crippen LogP contribution in [0.25, 0.3) is 0 Å². The number of hydroxylamine groups is 2. The van der Waals surface area contributed by atoms with E-state index in [1.165, 1.54) is 57.8 Å². The molecule has 0 N–H and O–H groups in total. The zero-order chi connectivity index (χ0) is 26.9. The third-order valence-corrected chi connectivity index (χ3v) is 8.32. The molecule has 0 spiro atoms. The maximum absolute atomic E-state index is 13.4. The van der Waals surface area contributed by atoms with Crippen LogP contribution in [0.1, 0.15) is 130 Å². The Labute approximate surface area is 226 Å². The highest BCUT2D eigenvalue weighted by atomic mass is 16.7. The molecule has 5 heteroatoms. The van der Waals surface area contributed by atoms with E-state index in [0.29, 0.717) is 13.0 Å². The molecule has 0 saturated carbocycles. The first-order chi connectivity index (χ1) is 17.7. The van der Waals surface area contributed by atoms with Gasteiger partial charge in [-0.25, -0.2) is 0 Å². The summed E-state index contributed by atoms with van der Waals surface area (Å²) in [7, 11) is 0. The molecule has 2 aliphatic heterocycles. The lowest BCUT2D eigenvalue weighted by atomic mass is 9.78. The minimum Gasteiger partial charge on any atom is -0.293 e. The van der Waals surface area contributed by atoms with E-state index in [2.05, 4.69) is 51.8 Å². The highest BCUT2D eigenvalue weighted by Crippen LogP contribution is 2.42. The minimum absolute atomic E-state index is 0.0253. The van der Waals surface area contributed by atoms with E-state index < -0.39 is 0 Å². The second-order valence-corrected chi connectivity index (χ2v) is 12.7. The van der Waals surface area contributed by atoms with Crippen LogP contribution >= 0.6 is 0 Å². The number of nitrogens with zero attached hydrogens (tertiary/aromatic N) is 2. The zero-order valence-electron chi connectivity index (χ0n) is 24.3. The molecule has 0 aromatic heterocycles. The van der Waals surface area contributed by atoms with Gasteiger partial charge >= 0.3 is 0 Å². The summed E-state index contributed by atoms with van der Waals surface area (Å²) in [6.07, 6.45) is 15.6. The van der Waals surface area contributed by atoms with Crippen LogP contribution in [0.4, 0.5) is 0 Å². The van der Waals surface area contributed by atoms with Gasteiger partial charge in [-0.05, 0) is 52.5 Å². The molecule has 0 bridgehead atoms. The van der Waals surface area contributed by atoms with Crippen molar-refractivity contribution in [1.29, 1.82) is 0 Å². The molecule has 3 rings (SSSR count). The molecule has 1 aromatic rings. The molecule has 1 aromatic carbocycles. The Bertz CT molecular complexity index is 833. The molecule has 2 heterocycles. The summed E-state index contributed by atoms with van der Waals surface area (Å²) in [5, 5.41) is 2.11. The Morgan fingerprint density at radius 3 is 1.92 bits per heavy atom. The van der Waals surface area contributed by atoms with Crippen LogP contribution in [0.15, 0.2) is 30.3 Å². The third kappa shape index (κ3) is 8.38. The fourth-order valence-corrected chi connectivity index (χ4v) is 6.66. The summed E-state index contributed by atoms with van der Waals surface area (Å²) in [5.41, 5.74) is 0.545. The second-order valence-electron chi connectivity index (χ2n) is 12.7. The monoisotopic (exact) mass is 512 g/mol. The first-order valence-electron chi connectivity index (χ1n) is 15.0. The van der Waals surface area contributed by atoms with Gasteiger partial charge in [0.2, 0.25) is 11.8 Å². The van der Waals surface area contributed by atoms with Crippen LogP contribution in [-0.2, 0) is 21.0 Å². The Morgan fingerprint density at radius 2 is 1.35 bits per heavy atom. The van der Waals surface area contributed by atoms with Gasteiger partial charge in [0, 0.05) is 29.5 Å². The number of carbonyl (C=O) groups excluding carboxylic acids is 2. The lowest BCUT2D eigenvalue weighted by Gasteiger charge is -2.54. The number of amides is 2. The first-order valence-corrected chi connectivity index (χ1v) is 15.0. The number of benzene rings is 1. The van der Waals surface area contributed by atoms with Gasteiger partial charge in [-0.2, -0.15) is 5.06 Å². The Hall–Kier alpha value is -1.72. The van der Waals surface area contributed by atoms with Gasteiger partial charge < -0.3 is 0 Å². The molecule has 208 valence electrons. The van der Waals surface area contributed by atoms with Crippen LogP contribution < -0.4 is 0 Å². The topological polar surface area (TPSA) is 49.9 Å². The summed E-state index contributed by atoms with van der Waals surface area (Å²) < 4.78 is 0. The summed E-state index contributed by atoms with van der Waals surface area (Å²) >= 11 is 0. The van der Waals surface area contributed by atoms with Crippen molar-refractivity contribution in [2.24, 2.45) is 5.92 Å². The Morgan fingerprint density at radius 1 is 0.811 bits per heavy atom.